The quantitative estimate of drug-likeness (QED) is 0.203. The van der Waals surface area contributed by atoms with Crippen LogP contribution in [0.1, 0.15) is 58.1 Å². The van der Waals surface area contributed by atoms with Crippen molar-refractivity contribution in [1.29, 1.82) is 0 Å². The molecular weight excluding hydrogens is 494 g/mol. The second-order valence-electron chi connectivity index (χ2n) is 11.9. The van der Waals surface area contributed by atoms with Crippen molar-refractivity contribution < 1.29 is 23.5 Å². The van der Waals surface area contributed by atoms with Crippen LogP contribution < -0.4 is 0 Å². The Bertz CT molecular complexity index is 1020. The molecule has 38 heavy (non-hydrogen) atoms. The third-order valence-electron chi connectivity index (χ3n) is 7.85. The maximum atomic E-state index is 13.8. The zero-order valence-electron chi connectivity index (χ0n) is 23.9. The van der Waals surface area contributed by atoms with Crippen LogP contribution in [0.25, 0.3) is 0 Å². The van der Waals surface area contributed by atoms with Gasteiger partial charge in [0, 0.05) is 6.61 Å². The summed E-state index contributed by atoms with van der Waals surface area (Å²) in [5, 5.41) is 0.00916. The lowest BCUT2D eigenvalue weighted by Crippen LogP contribution is -2.50. The number of unbranched alkanes of at least 4 members (excludes halogenated alkanes) is 1. The van der Waals surface area contributed by atoms with Crippen LogP contribution >= 0.6 is 0 Å². The summed E-state index contributed by atoms with van der Waals surface area (Å²) in [6.45, 7) is 14.4. The van der Waals surface area contributed by atoms with Crippen LogP contribution in [0.3, 0.4) is 0 Å². The number of rotatable bonds is 13. The second-order valence-corrected chi connectivity index (χ2v) is 16.6. The molecule has 2 aromatic carbocycles. The molecule has 6 nitrogen and oxygen atoms in total. The molecule has 3 atom stereocenters. The van der Waals surface area contributed by atoms with E-state index in [2.05, 4.69) is 46.0 Å². The van der Waals surface area contributed by atoms with Crippen LogP contribution in [0.5, 0.6) is 0 Å². The van der Waals surface area contributed by atoms with Gasteiger partial charge in [-0.1, -0.05) is 88.4 Å². The Hall–Kier alpha value is -2.48. The van der Waals surface area contributed by atoms with Crippen molar-refractivity contribution in [3.8, 4) is 0 Å². The summed E-state index contributed by atoms with van der Waals surface area (Å²) in [7, 11) is -2.15. The molecule has 0 N–H and O–H groups in total. The number of hydrogen-bond acceptors (Lipinski definition) is 5. The first kappa shape index (κ1) is 30.1. The van der Waals surface area contributed by atoms with E-state index in [-0.39, 0.29) is 29.7 Å². The number of amides is 2. The summed E-state index contributed by atoms with van der Waals surface area (Å²) >= 11 is 0. The van der Waals surface area contributed by atoms with Gasteiger partial charge in [0.25, 0.3) is 0 Å². The molecule has 208 valence electrons. The number of cyclic esters (lactones) is 1. The van der Waals surface area contributed by atoms with Crippen molar-refractivity contribution in [1.82, 2.24) is 4.90 Å². The standard InChI is InChI=1S/C31H45NO5Si/c1-24(29(33)32-27(23-36-30(32)34)21-25-15-9-7-10-16-25)28(37-38(5,6)31(2,3)4)19-13-14-20-35-22-26-17-11-8-12-18-26/h7-12,15-18,24,27-28H,13-14,19-23H2,1-6H3/t24-,27-,28+/m0/s1. The predicted octanol–water partition coefficient (Wildman–Crippen LogP) is 6.99. The Morgan fingerprint density at radius 1 is 1.03 bits per heavy atom. The van der Waals surface area contributed by atoms with Gasteiger partial charge in [0.1, 0.15) is 6.61 Å². The summed E-state index contributed by atoms with van der Waals surface area (Å²) in [5.41, 5.74) is 2.24. The molecule has 0 aromatic heterocycles. The summed E-state index contributed by atoms with van der Waals surface area (Å²) in [4.78, 5) is 27.8. The number of hydrogen-bond donors (Lipinski definition) is 0. The van der Waals surface area contributed by atoms with E-state index in [1.165, 1.54) is 4.90 Å². The fraction of sp³-hybridized carbons (Fsp3) is 0.548. The summed E-state index contributed by atoms with van der Waals surface area (Å²) < 4.78 is 18.0. The highest BCUT2D eigenvalue weighted by Crippen LogP contribution is 2.39. The van der Waals surface area contributed by atoms with Gasteiger partial charge in [0.05, 0.1) is 24.7 Å². The van der Waals surface area contributed by atoms with Gasteiger partial charge in [-0.05, 0) is 54.9 Å². The van der Waals surface area contributed by atoms with Crippen LogP contribution in [0.4, 0.5) is 4.79 Å². The van der Waals surface area contributed by atoms with Crippen molar-refractivity contribution in [2.24, 2.45) is 5.92 Å². The fourth-order valence-corrected chi connectivity index (χ4v) is 5.86. The molecule has 7 heteroatoms. The molecule has 2 aromatic rings. The first-order valence-electron chi connectivity index (χ1n) is 13.8. The van der Waals surface area contributed by atoms with Gasteiger partial charge in [-0.2, -0.15) is 0 Å². The van der Waals surface area contributed by atoms with Gasteiger partial charge in [-0.25, -0.2) is 9.69 Å². The van der Waals surface area contributed by atoms with E-state index < -0.39 is 20.3 Å². The maximum Gasteiger partial charge on any atom is 0.416 e. The topological polar surface area (TPSA) is 65.1 Å². The smallest absolute Gasteiger partial charge is 0.416 e. The van der Waals surface area contributed by atoms with E-state index in [0.29, 0.717) is 19.6 Å². The summed E-state index contributed by atoms with van der Waals surface area (Å²) in [6, 6.07) is 19.8. The maximum absolute atomic E-state index is 13.8. The van der Waals surface area contributed by atoms with Crippen LogP contribution in [-0.4, -0.2) is 50.6 Å². The summed E-state index contributed by atoms with van der Waals surface area (Å²) in [6.07, 6.45) is 2.25. The van der Waals surface area contributed by atoms with E-state index in [0.717, 1.165) is 30.4 Å². The Kier molecular flexibility index (Phi) is 10.7. The Morgan fingerprint density at radius 2 is 1.63 bits per heavy atom. The third kappa shape index (κ3) is 8.26. The first-order chi connectivity index (χ1) is 18.0. The van der Waals surface area contributed by atoms with Crippen molar-refractivity contribution in [2.75, 3.05) is 13.2 Å². The van der Waals surface area contributed by atoms with Crippen LogP contribution in [0.15, 0.2) is 60.7 Å². The number of carbonyl (C=O) groups excluding carboxylic acids is 2. The highest BCUT2D eigenvalue weighted by molar-refractivity contribution is 6.74. The molecule has 1 heterocycles. The minimum atomic E-state index is -2.15. The molecule has 1 aliphatic heterocycles. The first-order valence-corrected chi connectivity index (χ1v) is 16.7. The molecule has 0 radical (unpaired) electrons. The fourth-order valence-electron chi connectivity index (χ4n) is 4.43. The van der Waals surface area contributed by atoms with Gasteiger partial charge in [0.15, 0.2) is 8.32 Å². The molecule has 2 amide bonds. The molecular formula is C31H45NO5Si. The zero-order chi connectivity index (χ0) is 27.8. The molecule has 3 rings (SSSR count). The number of ether oxygens (including phenoxy) is 2. The van der Waals surface area contributed by atoms with Gasteiger partial charge in [-0.3, -0.25) is 4.79 Å². The van der Waals surface area contributed by atoms with Gasteiger partial charge in [0.2, 0.25) is 5.91 Å². The van der Waals surface area contributed by atoms with Crippen molar-refractivity contribution in [3.05, 3.63) is 71.8 Å². The van der Waals surface area contributed by atoms with Crippen LogP contribution in [0.2, 0.25) is 18.1 Å². The van der Waals surface area contributed by atoms with Crippen LogP contribution in [-0.2, 0) is 31.7 Å². The van der Waals surface area contributed by atoms with E-state index in [4.69, 9.17) is 13.9 Å². The van der Waals surface area contributed by atoms with E-state index >= 15 is 0 Å². The third-order valence-corrected chi connectivity index (χ3v) is 12.4. The zero-order valence-corrected chi connectivity index (χ0v) is 24.9. The van der Waals surface area contributed by atoms with Gasteiger partial charge in [-0.15, -0.1) is 0 Å². The SMILES string of the molecule is C[C@H](C(=O)N1C(=O)OC[C@@H]1Cc1ccccc1)[C@@H](CCCCOCc1ccccc1)O[Si](C)(C)C(C)(C)C. The highest BCUT2D eigenvalue weighted by Gasteiger charge is 2.45. The lowest BCUT2D eigenvalue weighted by atomic mass is 9.97. The number of benzene rings is 2. The molecule has 1 saturated heterocycles. The van der Waals surface area contributed by atoms with E-state index in [9.17, 15) is 9.59 Å². The number of carbonyl (C=O) groups is 2. The van der Waals surface area contributed by atoms with Crippen molar-refractivity contribution >= 4 is 20.3 Å². The largest absolute Gasteiger partial charge is 0.447 e. The minimum Gasteiger partial charge on any atom is -0.447 e. The molecule has 0 saturated carbocycles. The molecule has 0 bridgehead atoms. The number of imide groups is 1. The normalized spacial score (nSPS) is 17.8. The highest BCUT2D eigenvalue weighted by atomic mass is 28.4. The average molecular weight is 540 g/mol. The van der Waals surface area contributed by atoms with Gasteiger partial charge < -0.3 is 13.9 Å². The van der Waals surface area contributed by atoms with Gasteiger partial charge >= 0.3 is 6.09 Å². The molecule has 0 aliphatic carbocycles. The van der Waals surface area contributed by atoms with Crippen molar-refractivity contribution in [3.63, 3.8) is 0 Å². The lowest BCUT2D eigenvalue weighted by molar-refractivity contribution is -0.136. The Morgan fingerprint density at radius 3 is 2.24 bits per heavy atom. The average Bonchev–Trinajstić information content (AvgIpc) is 3.24. The second kappa shape index (κ2) is 13.5. The van der Waals surface area contributed by atoms with Crippen molar-refractivity contribution in [2.45, 2.75) is 90.3 Å². The monoisotopic (exact) mass is 539 g/mol. The van der Waals surface area contributed by atoms with Crippen LogP contribution in [0, 0.1) is 5.92 Å². The Balaban J connectivity index is 1.64. The Labute approximate surface area is 229 Å². The van der Waals surface area contributed by atoms with E-state index in [1.807, 2.05) is 55.5 Å². The molecule has 0 spiro atoms. The minimum absolute atomic E-state index is 0.00916. The summed E-state index contributed by atoms with van der Waals surface area (Å²) in [5.74, 6) is -0.671. The number of nitrogens with zero attached hydrogens (tertiary/aromatic N) is 1. The molecule has 1 fully saturated rings. The lowest BCUT2D eigenvalue weighted by Gasteiger charge is -2.41. The predicted molar refractivity (Wildman–Crippen MR) is 153 cm³/mol. The van der Waals surface area contributed by atoms with E-state index in [1.54, 1.807) is 0 Å². The molecule has 1 aliphatic rings. The molecule has 0 unspecified atom stereocenters.